The van der Waals surface area contributed by atoms with Crippen LogP contribution in [0.5, 0.6) is 0 Å². The lowest BCUT2D eigenvalue weighted by molar-refractivity contribution is -0.197. The first-order valence-electron chi connectivity index (χ1n) is 8.95. The number of hydrogen-bond donors (Lipinski definition) is 1. The summed E-state index contributed by atoms with van der Waals surface area (Å²) in [5, 5.41) is 3.33. The van der Waals surface area contributed by atoms with Gasteiger partial charge in [0, 0.05) is 51.9 Å². The Hall–Kier alpha value is -2.00. The first-order chi connectivity index (χ1) is 12.4. The minimum atomic E-state index is -0.571. The molecule has 1 N–H and O–H groups in total. The minimum Gasteiger partial charge on any atom is -0.356 e. The molecule has 1 saturated heterocycles. The summed E-state index contributed by atoms with van der Waals surface area (Å²) < 4.78 is 10.6. The van der Waals surface area contributed by atoms with Gasteiger partial charge in [-0.1, -0.05) is 13.8 Å². The van der Waals surface area contributed by atoms with Gasteiger partial charge in [0.1, 0.15) is 0 Å². The van der Waals surface area contributed by atoms with E-state index in [-0.39, 0.29) is 31.5 Å². The van der Waals surface area contributed by atoms with E-state index in [1.165, 1.54) is 0 Å². The molecule has 3 amide bonds. The summed E-state index contributed by atoms with van der Waals surface area (Å²) >= 11 is 0. The number of nitrogens with zero attached hydrogens (tertiary/aromatic N) is 1. The molecule has 0 saturated carbocycles. The number of nitrogens with one attached hydrogen (secondary N) is 1. The van der Waals surface area contributed by atoms with E-state index in [0.29, 0.717) is 37.7 Å². The van der Waals surface area contributed by atoms with Crippen molar-refractivity contribution in [2.24, 2.45) is 0 Å². The standard InChI is InChI=1S/C10H21NO3.C7H9NO4/c1-4-9(12)11-8-7-10(13-5-2)14-6-3;1-2-7(11)12-8-5(9)3-4-6(8)10/h10H,4-8H2,1-3H3,(H,11,12);2-4H2,1H3. The molecule has 0 atom stereocenters. The second kappa shape index (κ2) is 14.2. The molecule has 9 heteroatoms. The summed E-state index contributed by atoms with van der Waals surface area (Å²) in [6, 6.07) is 0. The molecule has 0 aromatic carbocycles. The van der Waals surface area contributed by atoms with Crippen LogP contribution in [0.15, 0.2) is 0 Å². The highest BCUT2D eigenvalue weighted by atomic mass is 16.7. The monoisotopic (exact) mass is 374 g/mol. The van der Waals surface area contributed by atoms with E-state index < -0.39 is 17.8 Å². The smallest absolute Gasteiger partial charge is 0.332 e. The molecule has 0 unspecified atom stereocenters. The van der Waals surface area contributed by atoms with Crippen molar-refractivity contribution in [2.45, 2.75) is 66.1 Å². The van der Waals surface area contributed by atoms with Gasteiger partial charge >= 0.3 is 5.97 Å². The lowest BCUT2D eigenvalue weighted by Crippen LogP contribution is -2.31. The van der Waals surface area contributed by atoms with Gasteiger partial charge in [0.25, 0.3) is 11.8 Å². The van der Waals surface area contributed by atoms with Crippen LogP contribution in [0.3, 0.4) is 0 Å². The number of imide groups is 1. The molecule has 0 bridgehead atoms. The summed E-state index contributed by atoms with van der Waals surface area (Å²) in [5.74, 6) is -1.39. The van der Waals surface area contributed by atoms with Crippen molar-refractivity contribution in [1.29, 1.82) is 0 Å². The Balaban J connectivity index is 0.000000485. The molecule has 1 aliphatic heterocycles. The van der Waals surface area contributed by atoms with E-state index in [0.717, 1.165) is 0 Å². The van der Waals surface area contributed by atoms with Crippen LogP contribution in [0.4, 0.5) is 0 Å². The Morgan fingerprint density at radius 2 is 1.54 bits per heavy atom. The lowest BCUT2D eigenvalue weighted by atomic mass is 10.4. The van der Waals surface area contributed by atoms with Gasteiger partial charge in [0.05, 0.1) is 0 Å². The first-order valence-corrected chi connectivity index (χ1v) is 8.95. The van der Waals surface area contributed by atoms with Crippen LogP contribution in [0.2, 0.25) is 0 Å². The third-order valence-electron chi connectivity index (χ3n) is 3.22. The molecule has 150 valence electrons. The van der Waals surface area contributed by atoms with Crippen LogP contribution in [0, 0.1) is 0 Å². The van der Waals surface area contributed by atoms with Crippen LogP contribution in [0.1, 0.15) is 59.8 Å². The molecule has 1 fully saturated rings. The zero-order chi connectivity index (χ0) is 19.9. The van der Waals surface area contributed by atoms with Crippen LogP contribution in [-0.2, 0) is 33.5 Å². The molecule has 1 heterocycles. The van der Waals surface area contributed by atoms with E-state index >= 15 is 0 Å². The average molecular weight is 374 g/mol. The van der Waals surface area contributed by atoms with Gasteiger partial charge in [-0.15, -0.1) is 5.06 Å². The minimum absolute atomic E-state index is 0.0664. The molecule has 0 aromatic heterocycles. The van der Waals surface area contributed by atoms with Crippen molar-refractivity contribution < 1.29 is 33.5 Å². The topological polar surface area (TPSA) is 111 Å². The molecule has 0 radical (unpaired) electrons. The van der Waals surface area contributed by atoms with Crippen molar-refractivity contribution in [3.05, 3.63) is 0 Å². The normalized spacial score (nSPS) is 13.5. The first kappa shape index (κ1) is 24.0. The van der Waals surface area contributed by atoms with Gasteiger partial charge < -0.3 is 19.6 Å². The van der Waals surface area contributed by atoms with Crippen molar-refractivity contribution in [3.8, 4) is 0 Å². The van der Waals surface area contributed by atoms with Crippen molar-refractivity contribution >= 4 is 23.7 Å². The number of ether oxygens (including phenoxy) is 2. The van der Waals surface area contributed by atoms with E-state index in [9.17, 15) is 19.2 Å². The molecule has 26 heavy (non-hydrogen) atoms. The number of hydroxylamine groups is 2. The van der Waals surface area contributed by atoms with Gasteiger partial charge in [0.2, 0.25) is 5.91 Å². The highest BCUT2D eigenvalue weighted by Crippen LogP contribution is 2.12. The zero-order valence-corrected chi connectivity index (χ0v) is 16.0. The second-order valence-corrected chi connectivity index (χ2v) is 5.23. The lowest BCUT2D eigenvalue weighted by Gasteiger charge is -2.16. The van der Waals surface area contributed by atoms with Crippen molar-refractivity contribution in [3.63, 3.8) is 0 Å². The Morgan fingerprint density at radius 3 is 1.96 bits per heavy atom. The van der Waals surface area contributed by atoms with Gasteiger partial charge in [-0.3, -0.25) is 14.4 Å². The summed E-state index contributed by atoms with van der Waals surface area (Å²) in [4.78, 5) is 47.8. The highest BCUT2D eigenvalue weighted by molar-refractivity contribution is 6.01. The van der Waals surface area contributed by atoms with E-state index in [1.807, 2.05) is 20.8 Å². The SMILES string of the molecule is CCC(=O)ON1C(=O)CCC1=O.CCOC(CCNC(=O)CC)OCC. The molecule has 1 rings (SSSR count). The maximum Gasteiger partial charge on any atom is 0.332 e. The maximum atomic E-state index is 10.9. The van der Waals surface area contributed by atoms with Crippen LogP contribution < -0.4 is 5.32 Å². The average Bonchev–Trinajstić information content (AvgIpc) is 2.94. The summed E-state index contributed by atoms with van der Waals surface area (Å²) in [5.41, 5.74) is 0. The maximum absolute atomic E-state index is 10.9. The molecular formula is C17H30N2O7. The van der Waals surface area contributed by atoms with Crippen molar-refractivity contribution in [1.82, 2.24) is 10.4 Å². The highest BCUT2D eigenvalue weighted by Gasteiger charge is 2.32. The van der Waals surface area contributed by atoms with Crippen LogP contribution >= 0.6 is 0 Å². The van der Waals surface area contributed by atoms with E-state index in [4.69, 9.17) is 9.47 Å². The molecule has 9 nitrogen and oxygen atoms in total. The second-order valence-electron chi connectivity index (χ2n) is 5.23. The van der Waals surface area contributed by atoms with Gasteiger partial charge in [0.15, 0.2) is 6.29 Å². The van der Waals surface area contributed by atoms with Gasteiger partial charge in [-0.25, -0.2) is 4.79 Å². The van der Waals surface area contributed by atoms with Crippen LogP contribution in [-0.4, -0.2) is 54.8 Å². The Morgan fingerprint density at radius 1 is 1.00 bits per heavy atom. The Bertz CT molecular complexity index is 446. The summed E-state index contributed by atoms with van der Waals surface area (Å²) in [7, 11) is 0. The zero-order valence-electron chi connectivity index (χ0n) is 16.0. The Kier molecular flexibility index (Phi) is 13.1. The molecule has 0 aromatic rings. The molecule has 0 aliphatic carbocycles. The van der Waals surface area contributed by atoms with E-state index in [2.05, 4.69) is 10.2 Å². The quantitative estimate of drug-likeness (QED) is 0.453. The fourth-order valence-corrected chi connectivity index (χ4v) is 1.87. The molecular weight excluding hydrogens is 344 g/mol. The third kappa shape index (κ3) is 10.1. The molecule has 1 aliphatic rings. The predicted octanol–water partition coefficient (Wildman–Crippen LogP) is 1.31. The van der Waals surface area contributed by atoms with Crippen LogP contribution in [0.25, 0.3) is 0 Å². The predicted molar refractivity (Wildman–Crippen MR) is 92.4 cm³/mol. The number of carbonyl (C=O) groups excluding carboxylic acids is 4. The largest absolute Gasteiger partial charge is 0.356 e. The number of hydrogen-bond acceptors (Lipinski definition) is 7. The number of carbonyl (C=O) groups is 4. The number of amides is 3. The number of rotatable bonds is 10. The molecule has 0 spiro atoms. The van der Waals surface area contributed by atoms with Gasteiger partial charge in [-0.05, 0) is 13.8 Å². The fraction of sp³-hybridized carbons (Fsp3) is 0.765. The van der Waals surface area contributed by atoms with Crippen molar-refractivity contribution in [2.75, 3.05) is 19.8 Å². The van der Waals surface area contributed by atoms with Gasteiger partial charge in [-0.2, -0.15) is 0 Å². The summed E-state index contributed by atoms with van der Waals surface area (Å²) in [6.07, 6.45) is 1.45. The van der Waals surface area contributed by atoms with E-state index in [1.54, 1.807) is 6.92 Å². The Labute approximate surface area is 154 Å². The summed E-state index contributed by atoms with van der Waals surface area (Å²) in [6.45, 7) is 9.15. The fourth-order valence-electron chi connectivity index (χ4n) is 1.87. The third-order valence-corrected chi connectivity index (χ3v) is 3.22.